The number of aliphatic carboxylic acids is 1. The van der Waals surface area contributed by atoms with Crippen molar-refractivity contribution in [3.8, 4) is 11.3 Å². The van der Waals surface area contributed by atoms with Crippen molar-refractivity contribution in [3.05, 3.63) is 34.9 Å². The topological polar surface area (TPSA) is 86.3 Å². The van der Waals surface area contributed by atoms with Gasteiger partial charge < -0.3 is 10.1 Å². The lowest BCUT2D eigenvalue weighted by atomic mass is 10.1. The average molecular weight is 350 g/mol. The van der Waals surface area contributed by atoms with Crippen LogP contribution in [0.1, 0.15) is 6.42 Å². The third kappa shape index (κ3) is 2.69. The first-order chi connectivity index (χ1) is 10.0. The second kappa shape index (κ2) is 5.33. The van der Waals surface area contributed by atoms with Gasteiger partial charge in [-0.2, -0.15) is 0 Å². The lowest BCUT2D eigenvalue weighted by Crippen LogP contribution is -2.26. The summed E-state index contributed by atoms with van der Waals surface area (Å²) in [6.45, 7) is 0.154. The van der Waals surface area contributed by atoms with Gasteiger partial charge in [-0.25, -0.2) is 4.98 Å². The fourth-order valence-corrected chi connectivity index (χ4v) is 2.57. The fraction of sp³-hybridized carbons (Fsp3) is 0.214. The van der Waals surface area contributed by atoms with Gasteiger partial charge in [0.1, 0.15) is 0 Å². The Balaban J connectivity index is 1.84. The number of imidazole rings is 1. The van der Waals surface area contributed by atoms with E-state index >= 15 is 0 Å². The SMILES string of the molecule is O=C(O)C1CC(=O)N(c2ncc(-c3ccc(Br)cc3)[nH]2)C1. The van der Waals surface area contributed by atoms with Crippen LogP contribution in [0.2, 0.25) is 0 Å². The van der Waals surface area contributed by atoms with Crippen LogP contribution in [0.4, 0.5) is 5.95 Å². The standard InChI is InChI=1S/C14H12BrN3O3/c15-10-3-1-8(2-4-10)11-6-16-14(17-11)18-7-9(13(20)21)5-12(18)19/h1-4,6,9H,5,7H2,(H,16,17)(H,20,21). The Morgan fingerprint density at radius 2 is 2.10 bits per heavy atom. The predicted octanol–water partition coefficient (Wildman–Crippen LogP) is 2.28. The molecule has 0 bridgehead atoms. The quantitative estimate of drug-likeness (QED) is 0.889. The molecule has 21 heavy (non-hydrogen) atoms. The van der Waals surface area contributed by atoms with Crippen molar-refractivity contribution in [2.24, 2.45) is 5.92 Å². The number of nitrogens with one attached hydrogen (secondary N) is 1. The molecule has 1 unspecified atom stereocenters. The maximum absolute atomic E-state index is 11.9. The molecule has 1 amide bonds. The molecule has 1 aliphatic heterocycles. The molecular weight excluding hydrogens is 338 g/mol. The van der Waals surface area contributed by atoms with E-state index in [2.05, 4.69) is 25.9 Å². The number of carboxylic acids is 1. The Labute approximate surface area is 128 Å². The number of benzene rings is 1. The molecule has 3 rings (SSSR count). The molecule has 1 aromatic carbocycles. The number of halogens is 1. The predicted molar refractivity (Wildman–Crippen MR) is 79.8 cm³/mol. The molecule has 1 aliphatic rings. The Hall–Kier alpha value is -2.15. The molecule has 1 fully saturated rings. The van der Waals surface area contributed by atoms with Gasteiger partial charge in [0, 0.05) is 17.4 Å². The van der Waals surface area contributed by atoms with Crippen LogP contribution in [0, 0.1) is 5.92 Å². The number of carbonyl (C=O) groups excluding carboxylic acids is 1. The summed E-state index contributed by atoms with van der Waals surface area (Å²) in [6.07, 6.45) is 1.66. The molecule has 0 radical (unpaired) electrons. The van der Waals surface area contributed by atoms with Crippen molar-refractivity contribution < 1.29 is 14.7 Å². The summed E-state index contributed by atoms with van der Waals surface area (Å²) in [7, 11) is 0. The molecular formula is C14H12BrN3O3. The number of nitrogens with zero attached hydrogens (tertiary/aromatic N) is 2. The third-order valence-corrected chi connectivity index (χ3v) is 3.98. The van der Waals surface area contributed by atoms with E-state index in [9.17, 15) is 9.59 Å². The summed E-state index contributed by atoms with van der Waals surface area (Å²) in [5, 5.41) is 8.99. The Morgan fingerprint density at radius 1 is 1.38 bits per heavy atom. The molecule has 2 aromatic rings. The van der Waals surface area contributed by atoms with E-state index in [0.717, 1.165) is 15.7 Å². The van der Waals surface area contributed by atoms with Crippen LogP contribution in [0.3, 0.4) is 0 Å². The van der Waals surface area contributed by atoms with E-state index < -0.39 is 11.9 Å². The first-order valence-corrected chi connectivity index (χ1v) is 7.18. The summed E-state index contributed by atoms with van der Waals surface area (Å²) in [5.41, 5.74) is 1.72. The van der Waals surface area contributed by atoms with E-state index in [1.807, 2.05) is 24.3 Å². The fourth-order valence-electron chi connectivity index (χ4n) is 2.30. The van der Waals surface area contributed by atoms with E-state index in [1.54, 1.807) is 6.20 Å². The highest BCUT2D eigenvalue weighted by molar-refractivity contribution is 9.10. The van der Waals surface area contributed by atoms with E-state index in [0.29, 0.717) is 5.95 Å². The van der Waals surface area contributed by atoms with Gasteiger partial charge in [-0.1, -0.05) is 28.1 Å². The van der Waals surface area contributed by atoms with Crippen LogP contribution >= 0.6 is 15.9 Å². The summed E-state index contributed by atoms with van der Waals surface area (Å²) >= 11 is 3.37. The zero-order valence-corrected chi connectivity index (χ0v) is 12.5. The minimum atomic E-state index is -0.953. The number of H-pyrrole nitrogens is 1. The van der Waals surface area contributed by atoms with Crippen LogP contribution in [-0.4, -0.2) is 33.5 Å². The van der Waals surface area contributed by atoms with Gasteiger partial charge in [0.2, 0.25) is 11.9 Å². The van der Waals surface area contributed by atoms with Gasteiger partial charge in [-0.05, 0) is 17.7 Å². The maximum Gasteiger partial charge on any atom is 0.308 e. The Morgan fingerprint density at radius 3 is 2.71 bits per heavy atom. The first-order valence-electron chi connectivity index (χ1n) is 6.38. The largest absolute Gasteiger partial charge is 0.481 e. The van der Waals surface area contributed by atoms with Crippen molar-refractivity contribution >= 4 is 33.8 Å². The number of carboxylic acid groups (broad SMARTS) is 1. The van der Waals surface area contributed by atoms with E-state index in [4.69, 9.17) is 5.11 Å². The van der Waals surface area contributed by atoms with Gasteiger partial charge in [-0.3, -0.25) is 14.5 Å². The number of anilines is 1. The highest BCUT2D eigenvalue weighted by atomic mass is 79.9. The molecule has 1 atom stereocenters. The number of carbonyl (C=O) groups is 2. The van der Waals surface area contributed by atoms with Crippen molar-refractivity contribution in [3.63, 3.8) is 0 Å². The van der Waals surface area contributed by atoms with Crippen LogP contribution in [0.25, 0.3) is 11.3 Å². The van der Waals surface area contributed by atoms with E-state index in [1.165, 1.54) is 4.90 Å². The molecule has 6 nitrogen and oxygen atoms in total. The van der Waals surface area contributed by atoms with Crippen molar-refractivity contribution in [1.82, 2.24) is 9.97 Å². The lowest BCUT2D eigenvalue weighted by molar-refractivity contribution is -0.141. The van der Waals surface area contributed by atoms with Crippen LogP contribution in [0.15, 0.2) is 34.9 Å². The number of hydrogen-bond acceptors (Lipinski definition) is 3. The molecule has 2 heterocycles. The normalized spacial score (nSPS) is 18.2. The van der Waals surface area contributed by atoms with Gasteiger partial charge in [0.05, 0.1) is 17.8 Å². The third-order valence-electron chi connectivity index (χ3n) is 3.45. The van der Waals surface area contributed by atoms with Gasteiger partial charge in [0.25, 0.3) is 0 Å². The molecule has 0 saturated carbocycles. The number of aromatic nitrogens is 2. The highest BCUT2D eigenvalue weighted by Gasteiger charge is 2.36. The summed E-state index contributed by atoms with van der Waals surface area (Å²) in [4.78, 5) is 31.5. The monoisotopic (exact) mass is 349 g/mol. The van der Waals surface area contributed by atoms with Crippen LogP contribution in [-0.2, 0) is 9.59 Å². The number of rotatable bonds is 3. The van der Waals surface area contributed by atoms with Gasteiger partial charge in [0.15, 0.2) is 0 Å². The lowest BCUT2D eigenvalue weighted by Gasteiger charge is -2.11. The molecule has 108 valence electrons. The zero-order valence-electron chi connectivity index (χ0n) is 10.9. The molecule has 7 heteroatoms. The molecule has 0 aliphatic carbocycles. The van der Waals surface area contributed by atoms with Crippen LogP contribution < -0.4 is 4.90 Å². The number of amides is 1. The minimum absolute atomic E-state index is 0.0175. The smallest absolute Gasteiger partial charge is 0.308 e. The molecule has 1 aromatic heterocycles. The zero-order chi connectivity index (χ0) is 15.0. The number of hydrogen-bond donors (Lipinski definition) is 2. The average Bonchev–Trinajstić information content (AvgIpc) is 3.06. The second-order valence-electron chi connectivity index (χ2n) is 4.87. The van der Waals surface area contributed by atoms with Crippen molar-refractivity contribution in [2.75, 3.05) is 11.4 Å². The van der Waals surface area contributed by atoms with E-state index in [-0.39, 0.29) is 18.9 Å². The van der Waals surface area contributed by atoms with Crippen molar-refractivity contribution in [2.45, 2.75) is 6.42 Å². The summed E-state index contributed by atoms with van der Waals surface area (Å²) in [5.74, 6) is -1.45. The Bertz CT molecular complexity index is 696. The maximum atomic E-state index is 11.9. The summed E-state index contributed by atoms with van der Waals surface area (Å²) < 4.78 is 0.977. The molecule has 2 N–H and O–H groups in total. The molecule has 0 spiro atoms. The minimum Gasteiger partial charge on any atom is -0.481 e. The second-order valence-corrected chi connectivity index (χ2v) is 5.79. The summed E-state index contributed by atoms with van der Waals surface area (Å²) in [6, 6.07) is 7.68. The Kier molecular flexibility index (Phi) is 3.50. The van der Waals surface area contributed by atoms with Crippen LogP contribution in [0.5, 0.6) is 0 Å². The van der Waals surface area contributed by atoms with Gasteiger partial charge in [-0.15, -0.1) is 0 Å². The highest BCUT2D eigenvalue weighted by Crippen LogP contribution is 2.26. The van der Waals surface area contributed by atoms with Gasteiger partial charge >= 0.3 is 5.97 Å². The first kappa shape index (κ1) is 13.8. The van der Waals surface area contributed by atoms with Crippen molar-refractivity contribution in [1.29, 1.82) is 0 Å². The molecule has 1 saturated heterocycles. The number of aromatic amines is 1.